The summed E-state index contributed by atoms with van der Waals surface area (Å²) in [6.45, 7) is 0.153. The van der Waals surface area contributed by atoms with Crippen LogP contribution in [0.2, 0.25) is 4.34 Å². The molecule has 2 atom stereocenters. The average Bonchev–Trinajstić information content (AvgIpc) is 3.35. The minimum absolute atomic E-state index is 0.0121. The molecular formula is C24H31ClN2O5S. The van der Waals surface area contributed by atoms with Crippen LogP contribution in [0.15, 0.2) is 12.1 Å². The molecule has 0 radical (unpaired) electrons. The Morgan fingerprint density at radius 3 is 2.36 bits per heavy atom. The summed E-state index contributed by atoms with van der Waals surface area (Å²) < 4.78 is 6.00. The van der Waals surface area contributed by atoms with E-state index in [1.807, 2.05) is 6.07 Å². The van der Waals surface area contributed by atoms with Crippen molar-refractivity contribution in [2.75, 3.05) is 20.2 Å². The van der Waals surface area contributed by atoms with Crippen LogP contribution in [-0.4, -0.2) is 65.0 Å². The number of halogens is 1. The maximum atomic E-state index is 13.7. The largest absolute Gasteiger partial charge is 0.454 e. The maximum absolute atomic E-state index is 13.7. The van der Waals surface area contributed by atoms with Gasteiger partial charge in [-0.25, -0.2) is 4.79 Å². The molecule has 5 aliphatic rings. The molecular weight excluding hydrogens is 464 g/mol. The number of ether oxygens (including phenoxy) is 1. The van der Waals surface area contributed by atoms with Gasteiger partial charge in [0, 0.05) is 24.9 Å². The van der Waals surface area contributed by atoms with Crippen LogP contribution in [0, 0.1) is 23.2 Å². The van der Waals surface area contributed by atoms with Crippen LogP contribution in [0.3, 0.4) is 0 Å². The molecule has 1 aromatic rings. The first-order valence-electron chi connectivity index (χ1n) is 11.9. The summed E-state index contributed by atoms with van der Waals surface area (Å²) in [7, 11) is 1.64. The van der Waals surface area contributed by atoms with Gasteiger partial charge in [-0.05, 0) is 68.4 Å². The first-order chi connectivity index (χ1) is 15.7. The summed E-state index contributed by atoms with van der Waals surface area (Å²) in [5.74, 6) is 0.924. The van der Waals surface area contributed by atoms with Crippen LogP contribution in [-0.2, 0) is 25.7 Å². The molecule has 4 saturated carbocycles. The molecule has 0 aromatic carbocycles. The third-order valence-electron chi connectivity index (χ3n) is 8.09. The maximum Gasteiger partial charge on any atom is 0.329 e. The predicted octanol–water partition coefficient (Wildman–Crippen LogP) is 3.08. The highest BCUT2D eigenvalue weighted by Crippen LogP contribution is 2.60. The van der Waals surface area contributed by atoms with Crippen LogP contribution >= 0.6 is 22.9 Å². The fourth-order valence-corrected chi connectivity index (χ4v) is 8.18. The molecule has 1 aliphatic heterocycles. The summed E-state index contributed by atoms with van der Waals surface area (Å²) in [5.41, 5.74) is -0.380. The zero-order valence-corrected chi connectivity index (χ0v) is 20.4. The van der Waals surface area contributed by atoms with Crippen molar-refractivity contribution in [1.82, 2.24) is 9.80 Å². The fraction of sp³-hybridized carbons (Fsp3) is 0.708. The van der Waals surface area contributed by atoms with Gasteiger partial charge < -0.3 is 19.6 Å². The Kier molecular flexibility index (Phi) is 6.20. The van der Waals surface area contributed by atoms with E-state index in [-0.39, 0.29) is 36.8 Å². The molecule has 9 heteroatoms. The number of hydrogen-bond acceptors (Lipinski definition) is 6. The molecule has 2 heterocycles. The lowest BCUT2D eigenvalue weighted by Crippen LogP contribution is -2.56. The Morgan fingerprint density at radius 1 is 1.15 bits per heavy atom. The number of likely N-dealkylation sites (tertiary alicyclic amines) is 1. The Morgan fingerprint density at radius 2 is 1.79 bits per heavy atom. The second kappa shape index (κ2) is 8.86. The van der Waals surface area contributed by atoms with Gasteiger partial charge in [0.25, 0.3) is 5.91 Å². The molecule has 4 aliphatic carbocycles. The number of β-amino-alcohol motifs (C(OH)–C–C–N with tert-alkyl or cyclic N) is 1. The van der Waals surface area contributed by atoms with Gasteiger partial charge in [0.1, 0.15) is 6.04 Å². The van der Waals surface area contributed by atoms with E-state index in [1.54, 1.807) is 18.0 Å². The number of carbonyl (C=O) groups is 3. The molecule has 5 fully saturated rings. The Labute approximate surface area is 203 Å². The predicted molar refractivity (Wildman–Crippen MR) is 123 cm³/mol. The second-order valence-electron chi connectivity index (χ2n) is 10.6. The number of aliphatic hydroxyl groups excluding tert-OH is 1. The molecule has 1 aromatic heterocycles. The normalized spacial score (nSPS) is 34.5. The smallest absolute Gasteiger partial charge is 0.329 e. The second-order valence-corrected chi connectivity index (χ2v) is 12.4. The Balaban J connectivity index is 1.20. The molecule has 7 nitrogen and oxygen atoms in total. The highest BCUT2D eigenvalue weighted by molar-refractivity contribution is 7.16. The van der Waals surface area contributed by atoms with Crippen LogP contribution < -0.4 is 0 Å². The van der Waals surface area contributed by atoms with E-state index in [0.29, 0.717) is 28.6 Å². The summed E-state index contributed by atoms with van der Waals surface area (Å²) >= 11 is 7.34. The van der Waals surface area contributed by atoms with E-state index in [9.17, 15) is 19.5 Å². The average molecular weight is 495 g/mol. The van der Waals surface area contributed by atoms with Gasteiger partial charge in [-0.2, -0.15) is 0 Å². The molecule has 33 heavy (non-hydrogen) atoms. The summed E-state index contributed by atoms with van der Waals surface area (Å²) in [5, 5.41) is 10.3. The Hall–Kier alpha value is -1.64. The summed E-state index contributed by atoms with van der Waals surface area (Å²) in [4.78, 5) is 43.1. The van der Waals surface area contributed by atoms with E-state index >= 15 is 0 Å². The minimum Gasteiger partial charge on any atom is -0.454 e. The molecule has 0 spiro atoms. The third kappa shape index (κ3) is 4.54. The lowest BCUT2D eigenvalue weighted by atomic mass is 9.49. The summed E-state index contributed by atoms with van der Waals surface area (Å²) in [6, 6.07) is 2.81. The van der Waals surface area contributed by atoms with E-state index in [2.05, 4.69) is 0 Å². The van der Waals surface area contributed by atoms with Crippen LogP contribution in [0.25, 0.3) is 0 Å². The van der Waals surface area contributed by atoms with E-state index in [0.717, 1.165) is 24.1 Å². The number of thiophene rings is 1. The van der Waals surface area contributed by atoms with E-state index in [1.165, 1.54) is 35.5 Å². The number of likely N-dealkylation sites (N-methyl/N-ethyl adjacent to an activating group) is 1. The topological polar surface area (TPSA) is 87.2 Å². The molecule has 1 unspecified atom stereocenters. The molecule has 180 valence electrons. The number of hydrogen-bond donors (Lipinski definition) is 1. The lowest BCUT2D eigenvalue weighted by Gasteiger charge is -2.56. The molecule has 1 N–H and O–H groups in total. The van der Waals surface area contributed by atoms with Crippen LogP contribution in [0.1, 0.15) is 49.8 Å². The van der Waals surface area contributed by atoms with Gasteiger partial charge in [0.2, 0.25) is 5.91 Å². The van der Waals surface area contributed by atoms with Crippen molar-refractivity contribution < 1.29 is 24.2 Å². The van der Waals surface area contributed by atoms with Gasteiger partial charge in [0.05, 0.1) is 22.4 Å². The first kappa shape index (κ1) is 23.1. The van der Waals surface area contributed by atoms with Crippen molar-refractivity contribution >= 4 is 40.7 Å². The number of nitrogens with zero attached hydrogens (tertiary/aromatic N) is 2. The highest BCUT2D eigenvalue weighted by Gasteiger charge is 2.57. The number of aliphatic hydroxyl groups is 1. The third-order valence-corrected chi connectivity index (χ3v) is 9.31. The van der Waals surface area contributed by atoms with Gasteiger partial charge in [-0.15, -0.1) is 11.3 Å². The van der Waals surface area contributed by atoms with E-state index < -0.39 is 18.1 Å². The molecule has 4 bridgehead atoms. The quantitative estimate of drug-likeness (QED) is 0.614. The van der Waals surface area contributed by atoms with Crippen molar-refractivity contribution in [2.24, 2.45) is 23.2 Å². The van der Waals surface area contributed by atoms with E-state index in [4.69, 9.17) is 16.3 Å². The zero-order valence-electron chi connectivity index (χ0n) is 18.9. The number of amides is 2. The van der Waals surface area contributed by atoms with Gasteiger partial charge in [-0.1, -0.05) is 11.6 Å². The molecule has 6 rings (SSSR count). The first-order valence-corrected chi connectivity index (χ1v) is 13.1. The summed E-state index contributed by atoms with van der Waals surface area (Å²) in [6.07, 6.45) is 5.82. The van der Waals surface area contributed by atoms with Crippen molar-refractivity contribution in [3.8, 4) is 0 Å². The Bertz CT molecular complexity index is 914. The van der Waals surface area contributed by atoms with Gasteiger partial charge in [-0.3, -0.25) is 9.59 Å². The van der Waals surface area contributed by atoms with Crippen molar-refractivity contribution in [1.29, 1.82) is 0 Å². The molecule has 2 amide bonds. The molecule has 1 saturated heterocycles. The van der Waals surface area contributed by atoms with Gasteiger partial charge >= 0.3 is 5.97 Å². The van der Waals surface area contributed by atoms with Crippen LogP contribution in [0.5, 0.6) is 0 Å². The zero-order chi connectivity index (χ0) is 23.3. The van der Waals surface area contributed by atoms with Crippen molar-refractivity contribution in [3.63, 3.8) is 0 Å². The lowest BCUT2D eigenvalue weighted by molar-refractivity contribution is -0.166. The monoisotopic (exact) mass is 494 g/mol. The number of carbonyl (C=O) groups excluding carboxylic acids is 3. The number of rotatable bonds is 6. The highest BCUT2D eigenvalue weighted by atomic mass is 35.5. The standard InChI is InChI=1S/C24H31ClN2O5S/c1-26(12-18-2-3-20(25)33-18)21(29)13-32-22(30)19-7-17(28)11-27(19)23(31)24-8-14-4-15(9-24)6-16(5-14)10-24/h2-3,14-17,19,28H,4-13H2,1H3/t14?,15?,16?,17?,19-,24?/m0/s1. The fourth-order valence-electron chi connectivity index (χ4n) is 7.04. The van der Waals surface area contributed by atoms with Crippen LogP contribution in [0.4, 0.5) is 0 Å². The van der Waals surface area contributed by atoms with Crippen molar-refractivity contribution in [2.45, 2.75) is 63.6 Å². The minimum atomic E-state index is -0.824. The van der Waals surface area contributed by atoms with Gasteiger partial charge in [0.15, 0.2) is 6.61 Å². The SMILES string of the molecule is CN(Cc1ccc(Cl)s1)C(=O)COC(=O)[C@@H]1CC(O)CN1C(=O)C12CC3CC(CC(C3)C1)C2. The number of esters is 1. The van der Waals surface area contributed by atoms with Crippen molar-refractivity contribution in [3.05, 3.63) is 21.3 Å².